The lowest BCUT2D eigenvalue weighted by molar-refractivity contribution is -0.139. The number of fused-ring (bicyclic) bond motifs is 1. The molecule has 0 aromatic heterocycles. The Labute approximate surface area is 89.8 Å². The number of carbonyl (C=O) groups excluding carboxylic acids is 2. The van der Waals surface area contributed by atoms with Gasteiger partial charge < -0.3 is 10.6 Å². The van der Waals surface area contributed by atoms with Crippen LogP contribution in [0, 0.1) is 23.2 Å². The summed E-state index contributed by atoms with van der Waals surface area (Å²) in [5.74, 6) is 0.697. The number of hydrogen-bond donors (Lipinski definition) is 1. The van der Waals surface area contributed by atoms with E-state index in [2.05, 4.69) is 0 Å². The van der Waals surface area contributed by atoms with Gasteiger partial charge in [-0.15, -0.1) is 0 Å². The van der Waals surface area contributed by atoms with Crippen molar-refractivity contribution >= 4 is 11.8 Å². The van der Waals surface area contributed by atoms with E-state index in [9.17, 15) is 9.59 Å². The van der Waals surface area contributed by atoms with Gasteiger partial charge in [-0.05, 0) is 11.8 Å². The summed E-state index contributed by atoms with van der Waals surface area (Å²) in [6.07, 6.45) is 0. The minimum absolute atomic E-state index is 0.0361. The van der Waals surface area contributed by atoms with E-state index < -0.39 is 0 Å². The van der Waals surface area contributed by atoms with Gasteiger partial charge in [0.2, 0.25) is 11.8 Å². The Bertz CT molecular complexity index is 307. The first-order valence-corrected chi connectivity index (χ1v) is 5.41. The highest BCUT2D eigenvalue weighted by molar-refractivity contribution is 5.84. The minimum Gasteiger partial charge on any atom is -0.369 e. The van der Waals surface area contributed by atoms with E-state index in [0.717, 1.165) is 0 Å². The van der Waals surface area contributed by atoms with Crippen LogP contribution in [0.5, 0.6) is 0 Å². The molecule has 0 aromatic carbocycles. The molecule has 84 valence electrons. The molecular weight excluding hydrogens is 192 g/mol. The molecule has 0 bridgehead atoms. The molecule has 2 aliphatic rings. The molecule has 0 aromatic rings. The first-order chi connectivity index (χ1) is 6.82. The van der Waals surface area contributed by atoms with Crippen LogP contribution in [0.4, 0.5) is 0 Å². The van der Waals surface area contributed by atoms with Crippen LogP contribution in [0.15, 0.2) is 0 Å². The number of hydrogen-bond acceptors (Lipinski definition) is 2. The van der Waals surface area contributed by atoms with Crippen LogP contribution in [0.2, 0.25) is 0 Å². The predicted molar refractivity (Wildman–Crippen MR) is 55.7 cm³/mol. The van der Waals surface area contributed by atoms with Gasteiger partial charge in [-0.25, -0.2) is 0 Å². The van der Waals surface area contributed by atoms with Crippen molar-refractivity contribution in [3.63, 3.8) is 0 Å². The molecular formula is C11H18N2O2. The highest BCUT2D eigenvalue weighted by Gasteiger charge is 2.59. The molecule has 1 aliphatic heterocycles. The van der Waals surface area contributed by atoms with Gasteiger partial charge in [-0.3, -0.25) is 9.59 Å². The third-order valence-corrected chi connectivity index (χ3v) is 3.45. The summed E-state index contributed by atoms with van der Waals surface area (Å²) in [6.45, 7) is 7.20. The number of nitrogens with two attached hydrogens (primary N) is 1. The van der Waals surface area contributed by atoms with Crippen LogP contribution in [0.1, 0.15) is 20.8 Å². The Morgan fingerprint density at radius 2 is 1.67 bits per heavy atom. The monoisotopic (exact) mass is 210 g/mol. The average molecular weight is 210 g/mol. The Hall–Kier alpha value is -1.06. The second-order valence-electron chi connectivity index (χ2n) is 5.72. The third kappa shape index (κ3) is 1.62. The Kier molecular flexibility index (Phi) is 2.07. The summed E-state index contributed by atoms with van der Waals surface area (Å²) in [6, 6.07) is 0. The van der Waals surface area contributed by atoms with E-state index in [-0.39, 0.29) is 23.1 Å². The van der Waals surface area contributed by atoms with Crippen LogP contribution in [0.3, 0.4) is 0 Å². The molecule has 0 spiro atoms. The van der Waals surface area contributed by atoms with Gasteiger partial charge in [0.15, 0.2) is 0 Å². The highest BCUT2D eigenvalue weighted by atomic mass is 16.2. The first kappa shape index (κ1) is 10.5. The molecule has 2 rings (SSSR count). The van der Waals surface area contributed by atoms with Crippen LogP contribution in [-0.2, 0) is 9.59 Å². The standard InChI is InChI=1S/C11H18N2O2/c1-11(2,3)10(15)13-4-6-7(5-13)8(6)9(12)14/h6-8H,4-5H2,1-3H3,(H2,12,14). The number of nitrogens with zero attached hydrogens (tertiary/aromatic N) is 1. The van der Waals surface area contributed by atoms with Crippen LogP contribution in [-0.4, -0.2) is 29.8 Å². The maximum atomic E-state index is 11.9. The normalized spacial score (nSPS) is 33.8. The Balaban J connectivity index is 1.94. The summed E-state index contributed by atoms with van der Waals surface area (Å²) in [7, 11) is 0. The fraction of sp³-hybridized carbons (Fsp3) is 0.818. The summed E-state index contributed by atoms with van der Waals surface area (Å²) in [4.78, 5) is 24.8. The molecule has 4 heteroatoms. The van der Waals surface area contributed by atoms with Crippen LogP contribution >= 0.6 is 0 Å². The van der Waals surface area contributed by atoms with Gasteiger partial charge >= 0.3 is 0 Å². The smallest absolute Gasteiger partial charge is 0.227 e. The second-order valence-corrected chi connectivity index (χ2v) is 5.72. The fourth-order valence-electron chi connectivity index (χ4n) is 2.59. The first-order valence-electron chi connectivity index (χ1n) is 5.41. The van der Waals surface area contributed by atoms with Crippen LogP contribution in [0.25, 0.3) is 0 Å². The number of primary amides is 1. The zero-order valence-electron chi connectivity index (χ0n) is 9.49. The summed E-state index contributed by atoms with van der Waals surface area (Å²) in [5.41, 5.74) is 4.93. The summed E-state index contributed by atoms with van der Waals surface area (Å²) >= 11 is 0. The zero-order chi connectivity index (χ0) is 11.4. The highest BCUT2D eigenvalue weighted by Crippen LogP contribution is 2.51. The quantitative estimate of drug-likeness (QED) is 0.673. The Morgan fingerprint density at radius 1 is 1.20 bits per heavy atom. The van der Waals surface area contributed by atoms with Crippen molar-refractivity contribution in [3.05, 3.63) is 0 Å². The van der Waals surface area contributed by atoms with Crippen molar-refractivity contribution < 1.29 is 9.59 Å². The van der Waals surface area contributed by atoms with Crippen LogP contribution < -0.4 is 5.73 Å². The van der Waals surface area contributed by atoms with E-state index >= 15 is 0 Å². The molecule has 1 saturated heterocycles. The van der Waals surface area contributed by atoms with E-state index in [1.54, 1.807) is 0 Å². The molecule has 2 N–H and O–H groups in total. The lowest BCUT2D eigenvalue weighted by Gasteiger charge is -2.27. The molecule has 4 nitrogen and oxygen atoms in total. The van der Waals surface area contributed by atoms with Gasteiger partial charge in [0.05, 0.1) is 0 Å². The largest absolute Gasteiger partial charge is 0.369 e. The van der Waals surface area contributed by atoms with E-state index in [4.69, 9.17) is 5.73 Å². The lowest BCUT2D eigenvalue weighted by atomic mass is 9.94. The maximum absolute atomic E-state index is 11.9. The van der Waals surface area contributed by atoms with Crippen molar-refractivity contribution in [1.82, 2.24) is 4.90 Å². The van der Waals surface area contributed by atoms with Crippen molar-refractivity contribution in [2.24, 2.45) is 28.9 Å². The van der Waals surface area contributed by atoms with Gasteiger partial charge in [0.25, 0.3) is 0 Å². The number of piperidine rings is 1. The molecule has 2 amide bonds. The number of likely N-dealkylation sites (tertiary alicyclic amines) is 1. The molecule has 1 heterocycles. The summed E-state index contributed by atoms with van der Waals surface area (Å²) in [5, 5.41) is 0. The van der Waals surface area contributed by atoms with Gasteiger partial charge in [0.1, 0.15) is 0 Å². The van der Waals surface area contributed by atoms with Gasteiger partial charge in [-0.2, -0.15) is 0 Å². The molecule has 1 saturated carbocycles. The second kappa shape index (κ2) is 2.97. The molecule has 0 radical (unpaired) electrons. The predicted octanol–water partition coefficient (Wildman–Crippen LogP) is 0.222. The number of carbonyl (C=O) groups is 2. The van der Waals surface area contributed by atoms with E-state index in [1.165, 1.54) is 0 Å². The molecule has 15 heavy (non-hydrogen) atoms. The topological polar surface area (TPSA) is 63.4 Å². The van der Waals surface area contributed by atoms with E-state index in [0.29, 0.717) is 24.9 Å². The fourth-order valence-corrected chi connectivity index (χ4v) is 2.59. The van der Waals surface area contributed by atoms with Crippen molar-refractivity contribution in [1.29, 1.82) is 0 Å². The molecule has 2 atom stereocenters. The van der Waals surface area contributed by atoms with Crippen molar-refractivity contribution in [2.75, 3.05) is 13.1 Å². The minimum atomic E-state index is -0.320. The Morgan fingerprint density at radius 3 is 2.00 bits per heavy atom. The van der Waals surface area contributed by atoms with Crippen molar-refractivity contribution in [2.45, 2.75) is 20.8 Å². The maximum Gasteiger partial charge on any atom is 0.227 e. The average Bonchev–Trinajstić information content (AvgIpc) is 2.60. The summed E-state index contributed by atoms with van der Waals surface area (Å²) < 4.78 is 0. The van der Waals surface area contributed by atoms with Crippen molar-refractivity contribution in [3.8, 4) is 0 Å². The van der Waals surface area contributed by atoms with Gasteiger partial charge in [0, 0.05) is 24.4 Å². The van der Waals surface area contributed by atoms with E-state index in [1.807, 2.05) is 25.7 Å². The zero-order valence-corrected chi connectivity index (χ0v) is 9.49. The number of amides is 2. The van der Waals surface area contributed by atoms with Gasteiger partial charge in [-0.1, -0.05) is 20.8 Å². The molecule has 1 aliphatic carbocycles. The lowest BCUT2D eigenvalue weighted by Crippen LogP contribution is -2.40. The number of rotatable bonds is 1. The SMILES string of the molecule is CC(C)(C)C(=O)N1CC2C(C1)C2C(N)=O. The third-order valence-electron chi connectivity index (χ3n) is 3.45. The molecule has 2 unspecified atom stereocenters. The molecule has 2 fully saturated rings.